The van der Waals surface area contributed by atoms with Gasteiger partial charge in [-0.05, 0) is 55.6 Å². The van der Waals surface area contributed by atoms with Gasteiger partial charge in [0, 0.05) is 37.7 Å². The molecule has 6 heteroatoms. The zero-order chi connectivity index (χ0) is 23.1. The SMILES string of the molecule is CC(C)CC(=O)c1ccc(CNC(=O)N(Cc2ccc(F)cc2)C[C@H]2CCCN2C)cc1. The van der Waals surface area contributed by atoms with Crippen LogP contribution in [-0.2, 0) is 13.1 Å². The van der Waals surface area contributed by atoms with Gasteiger partial charge in [0.2, 0.25) is 0 Å². The number of nitrogens with one attached hydrogen (secondary N) is 1. The van der Waals surface area contributed by atoms with E-state index >= 15 is 0 Å². The van der Waals surface area contributed by atoms with Crippen LogP contribution in [0.25, 0.3) is 0 Å². The van der Waals surface area contributed by atoms with Gasteiger partial charge in [0.1, 0.15) is 5.82 Å². The van der Waals surface area contributed by atoms with Gasteiger partial charge in [-0.2, -0.15) is 0 Å². The quantitative estimate of drug-likeness (QED) is 0.568. The molecule has 2 aromatic rings. The maximum atomic E-state index is 13.3. The van der Waals surface area contributed by atoms with Crippen LogP contribution >= 0.6 is 0 Å². The first-order chi connectivity index (χ1) is 15.3. The summed E-state index contributed by atoms with van der Waals surface area (Å²) in [4.78, 5) is 29.3. The van der Waals surface area contributed by atoms with Crippen molar-refractivity contribution in [3.63, 3.8) is 0 Å². The van der Waals surface area contributed by atoms with Crippen molar-refractivity contribution >= 4 is 11.8 Å². The molecule has 32 heavy (non-hydrogen) atoms. The number of carbonyl (C=O) groups is 2. The Balaban J connectivity index is 1.62. The van der Waals surface area contributed by atoms with Gasteiger partial charge in [-0.1, -0.05) is 50.2 Å². The number of ketones is 1. The second kappa shape index (κ2) is 11.2. The first kappa shape index (κ1) is 23.9. The van der Waals surface area contributed by atoms with Gasteiger partial charge in [-0.25, -0.2) is 9.18 Å². The Morgan fingerprint density at radius 3 is 2.34 bits per heavy atom. The average Bonchev–Trinajstić information content (AvgIpc) is 3.17. The van der Waals surface area contributed by atoms with Gasteiger partial charge in [0.15, 0.2) is 5.78 Å². The third-order valence-electron chi connectivity index (χ3n) is 5.99. The molecule has 0 aromatic heterocycles. The third kappa shape index (κ3) is 6.89. The summed E-state index contributed by atoms with van der Waals surface area (Å²) in [6, 6.07) is 13.9. The summed E-state index contributed by atoms with van der Waals surface area (Å²) in [5.41, 5.74) is 2.55. The Hall–Kier alpha value is -2.73. The molecule has 2 aromatic carbocycles. The highest BCUT2D eigenvalue weighted by Crippen LogP contribution is 2.18. The fourth-order valence-corrected chi connectivity index (χ4v) is 4.08. The number of likely N-dealkylation sites (tertiary alicyclic amines) is 1. The zero-order valence-electron chi connectivity index (χ0n) is 19.3. The van der Waals surface area contributed by atoms with Crippen LogP contribution < -0.4 is 5.32 Å². The Bertz CT molecular complexity index is 896. The fraction of sp³-hybridized carbons (Fsp3) is 0.462. The van der Waals surface area contributed by atoms with E-state index in [-0.39, 0.29) is 17.6 Å². The predicted octanol–water partition coefficient (Wildman–Crippen LogP) is 4.86. The van der Waals surface area contributed by atoms with Crippen molar-refractivity contribution in [1.82, 2.24) is 15.1 Å². The molecule has 1 aliphatic rings. The van der Waals surface area contributed by atoms with E-state index < -0.39 is 0 Å². The van der Waals surface area contributed by atoms with Gasteiger partial charge >= 0.3 is 6.03 Å². The minimum atomic E-state index is -0.282. The largest absolute Gasteiger partial charge is 0.334 e. The van der Waals surface area contributed by atoms with Crippen molar-refractivity contribution in [2.45, 2.75) is 52.2 Å². The number of benzene rings is 2. The Morgan fingerprint density at radius 1 is 1.09 bits per heavy atom. The summed E-state index contributed by atoms with van der Waals surface area (Å²) in [5.74, 6) is 0.185. The van der Waals surface area contributed by atoms with Crippen LogP contribution in [0, 0.1) is 11.7 Å². The molecule has 3 rings (SSSR count). The fourth-order valence-electron chi connectivity index (χ4n) is 4.08. The maximum absolute atomic E-state index is 13.3. The van der Waals surface area contributed by atoms with Crippen LogP contribution in [0.4, 0.5) is 9.18 Å². The predicted molar refractivity (Wildman–Crippen MR) is 125 cm³/mol. The summed E-state index contributed by atoms with van der Waals surface area (Å²) in [6.45, 7) is 6.55. The minimum absolute atomic E-state index is 0.141. The van der Waals surface area contributed by atoms with Gasteiger partial charge in [-0.3, -0.25) is 4.79 Å². The summed E-state index contributed by atoms with van der Waals surface area (Å²) in [5, 5.41) is 3.01. The highest BCUT2D eigenvalue weighted by Gasteiger charge is 2.25. The zero-order valence-corrected chi connectivity index (χ0v) is 19.3. The molecule has 1 N–H and O–H groups in total. The lowest BCUT2D eigenvalue weighted by atomic mass is 10.0. The van der Waals surface area contributed by atoms with Gasteiger partial charge in [-0.15, -0.1) is 0 Å². The number of hydrogen-bond donors (Lipinski definition) is 1. The third-order valence-corrected chi connectivity index (χ3v) is 5.99. The number of halogens is 1. The van der Waals surface area contributed by atoms with Crippen LogP contribution in [0.1, 0.15) is 54.6 Å². The van der Waals surface area contributed by atoms with Gasteiger partial charge < -0.3 is 15.1 Å². The van der Waals surface area contributed by atoms with Gasteiger partial charge in [0.05, 0.1) is 0 Å². The lowest BCUT2D eigenvalue weighted by molar-refractivity contribution is 0.0967. The van der Waals surface area contributed by atoms with Crippen molar-refractivity contribution in [3.8, 4) is 0 Å². The van der Waals surface area contributed by atoms with Crippen LogP contribution in [0.5, 0.6) is 0 Å². The monoisotopic (exact) mass is 439 g/mol. The number of urea groups is 1. The van der Waals surface area contributed by atoms with Crippen LogP contribution in [0.3, 0.4) is 0 Å². The van der Waals surface area contributed by atoms with E-state index in [4.69, 9.17) is 0 Å². The maximum Gasteiger partial charge on any atom is 0.318 e. The number of amides is 2. The van der Waals surface area contributed by atoms with Crippen LogP contribution in [0.2, 0.25) is 0 Å². The molecule has 1 heterocycles. The number of carbonyl (C=O) groups excluding carboxylic acids is 2. The van der Waals surface area contributed by atoms with Crippen molar-refractivity contribution < 1.29 is 14.0 Å². The number of Topliss-reactive ketones (excluding diaryl/α,β-unsaturated/α-hetero) is 1. The lowest BCUT2D eigenvalue weighted by Gasteiger charge is -2.29. The van der Waals surface area contributed by atoms with Crippen LogP contribution in [-0.4, -0.2) is 47.8 Å². The topological polar surface area (TPSA) is 52.7 Å². The normalized spacial score (nSPS) is 16.3. The molecule has 1 fully saturated rings. The molecule has 5 nitrogen and oxygen atoms in total. The summed E-state index contributed by atoms with van der Waals surface area (Å²) < 4.78 is 13.3. The molecule has 0 bridgehead atoms. The van der Waals surface area contributed by atoms with Crippen molar-refractivity contribution in [3.05, 3.63) is 71.0 Å². The molecule has 1 aliphatic heterocycles. The highest BCUT2D eigenvalue weighted by atomic mass is 19.1. The standard InChI is InChI=1S/C26H34FN3O2/c1-19(2)15-25(31)22-10-6-20(7-11-22)16-28-26(32)30(18-24-5-4-14-29(24)3)17-21-8-12-23(27)13-9-21/h6-13,19,24H,4-5,14-18H2,1-3H3,(H,28,32)/t24-/m1/s1. The van der Waals surface area contributed by atoms with E-state index in [0.717, 1.165) is 30.5 Å². The van der Waals surface area contributed by atoms with E-state index in [9.17, 15) is 14.0 Å². The number of nitrogens with zero attached hydrogens (tertiary/aromatic N) is 2. The Morgan fingerprint density at radius 2 is 1.75 bits per heavy atom. The second-order valence-electron chi connectivity index (χ2n) is 9.16. The molecular weight excluding hydrogens is 405 g/mol. The molecule has 0 aliphatic carbocycles. The Labute approximate surface area is 190 Å². The van der Waals surface area contributed by atoms with E-state index in [1.54, 1.807) is 17.0 Å². The molecule has 0 unspecified atom stereocenters. The molecule has 172 valence electrons. The van der Waals surface area contributed by atoms with E-state index in [0.29, 0.717) is 43.6 Å². The van der Waals surface area contributed by atoms with E-state index in [1.165, 1.54) is 12.1 Å². The molecule has 1 saturated heterocycles. The average molecular weight is 440 g/mol. The molecule has 2 amide bonds. The first-order valence-electron chi connectivity index (χ1n) is 11.4. The number of rotatable bonds is 9. The summed E-state index contributed by atoms with van der Waals surface area (Å²) in [7, 11) is 2.09. The van der Waals surface area contributed by atoms with Crippen LogP contribution in [0.15, 0.2) is 48.5 Å². The highest BCUT2D eigenvalue weighted by molar-refractivity contribution is 5.96. The number of likely N-dealkylation sites (N-methyl/N-ethyl adjacent to an activating group) is 1. The van der Waals surface area contributed by atoms with Crippen molar-refractivity contribution in [1.29, 1.82) is 0 Å². The molecule has 1 atom stereocenters. The van der Waals surface area contributed by atoms with E-state index in [1.807, 2.05) is 38.1 Å². The van der Waals surface area contributed by atoms with Crippen molar-refractivity contribution in [2.75, 3.05) is 20.1 Å². The van der Waals surface area contributed by atoms with Crippen molar-refractivity contribution in [2.24, 2.45) is 5.92 Å². The summed E-state index contributed by atoms with van der Waals surface area (Å²) >= 11 is 0. The first-order valence-corrected chi connectivity index (χ1v) is 11.4. The van der Waals surface area contributed by atoms with E-state index in [2.05, 4.69) is 17.3 Å². The minimum Gasteiger partial charge on any atom is -0.334 e. The summed E-state index contributed by atoms with van der Waals surface area (Å²) in [6.07, 6.45) is 2.73. The lowest BCUT2D eigenvalue weighted by Crippen LogP contribution is -2.45. The molecule has 0 radical (unpaired) electrons. The molecule has 0 spiro atoms. The number of hydrogen-bond acceptors (Lipinski definition) is 3. The smallest absolute Gasteiger partial charge is 0.318 e. The second-order valence-corrected chi connectivity index (χ2v) is 9.16. The van der Waals surface area contributed by atoms with Gasteiger partial charge in [0.25, 0.3) is 0 Å². The Kier molecular flexibility index (Phi) is 8.39. The molecule has 0 saturated carbocycles. The molecular formula is C26H34FN3O2.